The van der Waals surface area contributed by atoms with E-state index in [0.717, 1.165) is 0 Å². The number of aliphatic imine (C=N–C) groups is 1. The fourth-order valence-corrected chi connectivity index (χ4v) is 4.21. The van der Waals surface area contributed by atoms with E-state index in [-0.39, 0.29) is 18.4 Å². The highest BCUT2D eigenvalue weighted by atomic mass is 32.2. The molecular weight excluding hydrogens is 392 g/mol. The maximum atomic E-state index is 13.0. The van der Waals surface area contributed by atoms with Crippen LogP contribution < -0.4 is 4.74 Å². The van der Waals surface area contributed by atoms with Crippen molar-refractivity contribution in [3.8, 4) is 5.75 Å². The normalized spacial score (nSPS) is 19.1. The second kappa shape index (κ2) is 8.82. The van der Waals surface area contributed by atoms with Gasteiger partial charge in [-0.1, -0.05) is 37.7 Å². The van der Waals surface area contributed by atoms with Crippen molar-refractivity contribution in [3.05, 3.63) is 41.1 Å². The Morgan fingerprint density at radius 2 is 2.10 bits per heavy atom. The predicted octanol–water partition coefficient (Wildman–Crippen LogP) is 3.46. The van der Waals surface area contributed by atoms with Gasteiger partial charge in [0.2, 0.25) is 5.91 Å². The minimum atomic E-state index is -0.682. The fourth-order valence-electron chi connectivity index (χ4n) is 3.21. The summed E-state index contributed by atoms with van der Waals surface area (Å²) in [5, 5.41) is 0.571. The summed E-state index contributed by atoms with van der Waals surface area (Å²) >= 11 is 1.48. The standard InChI is InChI=1S/C21H24N2O5S/c1-12(2)11-27-20(26)18-13(3)22-21-23(17(25)8-9-29-21)19(18)15-6-5-7-16(10-15)28-14(4)24/h5-7,10,12,19H,8-9,11H2,1-4H3/t19-/m0/s1. The third-order valence-electron chi connectivity index (χ3n) is 4.41. The van der Waals surface area contributed by atoms with Crippen LogP contribution in [0.15, 0.2) is 40.5 Å². The summed E-state index contributed by atoms with van der Waals surface area (Å²) in [4.78, 5) is 43.2. The first kappa shape index (κ1) is 21.1. The van der Waals surface area contributed by atoms with Gasteiger partial charge in [0.1, 0.15) is 5.75 Å². The van der Waals surface area contributed by atoms with E-state index < -0.39 is 18.0 Å². The molecule has 154 valence electrons. The van der Waals surface area contributed by atoms with Crippen molar-refractivity contribution in [1.29, 1.82) is 0 Å². The molecule has 0 radical (unpaired) electrons. The number of hydrogen-bond acceptors (Lipinski definition) is 7. The molecule has 3 rings (SSSR count). The van der Waals surface area contributed by atoms with Crippen LogP contribution in [0.25, 0.3) is 0 Å². The zero-order valence-electron chi connectivity index (χ0n) is 16.9. The van der Waals surface area contributed by atoms with Crippen LogP contribution >= 0.6 is 11.8 Å². The maximum Gasteiger partial charge on any atom is 0.338 e. The molecule has 1 saturated heterocycles. The summed E-state index contributed by atoms with van der Waals surface area (Å²) in [5.74, 6) is 0.136. The number of fused-ring (bicyclic) bond motifs is 1. The first-order valence-corrected chi connectivity index (χ1v) is 10.5. The highest BCUT2D eigenvalue weighted by Crippen LogP contribution is 2.41. The highest BCUT2D eigenvalue weighted by molar-refractivity contribution is 8.14. The molecular formula is C21H24N2O5S. The molecule has 0 aliphatic carbocycles. The Morgan fingerprint density at radius 1 is 1.34 bits per heavy atom. The quantitative estimate of drug-likeness (QED) is 0.540. The molecule has 0 aromatic heterocycles. The van der Waals surface area contributed by atoms with Crippen LogP contribution in [-0.2, 0) is 19.1 Å². The van der Waals surface area contributed by atoms with Gasteiger partial charge in [-0.15, -0.1) is 0 Å². The molecule has 0 bridgehead atoms. The van der Waals surface area contributed by atoms with Crippen molar-refractivity contribution in [2.24, 2.45) is 10.9 Å². The maximum absolute atomic E-state index is 13.0. The van der Waals surface area contributed by atoms with Crippen LogP contribution in [0.5, 0.6) is 5.75 Å². The summed E-state index contributed by atoms with van der Waals surface area (Å²) < 4.78 is 10.7. The van der Waals surface area contributed by atoms with Gasteiger partial charge in [0, 0.05) is 19.1 Å². The van der Waals surface area contributed by atoms with Crippen molar-refractivity contribution in [1.82, 2.24) is 4.90 Å². The largest absolute Gasteiger partial charge is 0.462 e. The van der Waals surface area contributed by atoms with Gasteiger partial charge >= 0.3 is 11.9 Å². The third kappa shape index (κ3) is 4.70. The summed E-state index contributed by atoms with van der Waals surface area (Å²) in [6.45, 7) is 7.25. The molecule has 0 N–H and O–H groups in total. The summed E-state index contributed by atoms with van der Waals surface area (Å²) in [6, 6.07) is 6.18. The number of allylic oxidation sites excluding steroid dienone is 1. The number of amides is 1. The zero-order valence-corrected chi connectivity index (χ0v) is 17.7. The van der Waals surface area contributed by atoms with Crippen LogP contribution in [0.2, 0.25) is 0 Å². The molecule has 2 heterocycles. The molecule has 0 saturated carbocycles. The average Bonchev–Trinajstić information content (AvgIpc) is 2.65. The van der Waals surface area contributed by atoms with Crippen molar-refractivity contribution in [3.63, 3.8) is 0 Å². The van der Waals surface area contributed by atoms with E-state index in [4.69, 9.17) is 9.47 Å². The zero-order chi connectivity index (χ0) is 21.1. The minimum absolute atomic E-state index is 0.105. The van der Waals surface area contributed by atoms with E-state index in [1.165, 1.54) is 18.7 Å². The van der Waals surface area contributed by atoms with E-state index in [2.05, 4.69) is 4.99 Å². The number of benzene rings is 1. The van der Waals surface area contributed by atoms with Crippen LogP contribution in [-0.4, -0.2) is 40.3 Å². The average molecular weight is 416 g/mol. The van der Waals surface area contributed by atoms with Gasteiger partial charge in [0.15, 0.2) is 5.17 Å². The SMILES string of the molecule is CC(=O)Oc1cccc([C@H]2C(C(=O)OCC(C)C)=C(C)N=C3SCCC(=O)N32)c1. The first-order chi connectivity index (χ1) is 13.8. The Kier molecular flexibility index (Phi) is 6.42. The van der Waals surface area contributed by atoms with E-state index in [1.807, 2.05) is 13.8 Å². The van der Waals surface area contributed by atoms with Gasteiger partial charge in [0.25, 0.3) is 0 Å². The van der Waals surface area contributed by atoms with Crippen molar-refractivity contribution in [2.75, 3.05) is 12.4 Å². The Bertz CT molecular complexity index is 906. The van der Waals surface area contributed by atoms with Gasteiger partial charge in [-0.2, -0.15) is 0 Å². The number of carbonyl (C=O) groups excluding carboxylic acids is 3. The molecule has 1 aromatic rings. The number of rotatable bonds is 5. The van der Waals surface area contributed by atoms with Crippen molar-refractivity contribution >= 4 is 34.8 Å². The monoisotopic (exact) mass is 416 g/mol. The lowest BCUT2D eigenvalue weighted by Crippen LogP contribution is -2.45. The molecule has 29 heavy (non-hydrogen) atoms. The number of esters is 2. The molecule has 2 aliphatic heterocycles. The molecule has 7 nitrogen and oxygen atoms in total. The number of ether oxygens (including phenoxy) is 2. The Balaban J connectivity index is 2.08. The Hall–Kier alpha value is -2.61. The molecule has 8 heteroatoms. The molecule has 0 unspecified atom stereocenters. The summed E-state index contributed by atoms with van der Waals surface area (Å²) in [6.07, 6.45) is 0.358. The van der Waals surface area contributed by atoms with E-state index in [1.54, 1.807) is 36.1 Å². The van der Waals surface area contributed by atoms with Gasteiger partial charge in [0.05, 0.1) is 23.9 Å². The van der Waals surface area contributed by atoms with Crippen LogP contribution in [0.4, 0.5) is 0 Å². The van der Waals surface area contributed by atoms with Gasteiger partial charge in [-0.25, -0.2) is 9.79 Å². The molecule has 0 spiro atoms. The Labute approximate surface area is 174 Å². The summed E-state index contributed by atoms with van der Waals surface area (Å²) in [5.41, 5.74) is 1.50. The lowest BCUT2D eigenvalue weighted by Gasteiger charge is -2.39. The second-order valence-corrected chi connectivity index (χ2v) is 8.38. The number of thioether (sulfide) groups is 1. The molecule has 1 amide bonds. The molecule has 1 aromatic carbocycles. The van der Waals surface area contributed by atoms with E-state index in [9.17, 15) is 14.4 Å². The van der Waals surface area contributed by atoms with Gasteiger partial charge in [-0.05, 0) is 30.5 Å². The second-order valence-electron chi connectivity index (χ2n) is 7.32. The number of hydrogen-bond donors (Lipinski definition) is 0. The van der Waals surface area contributed by atoms with Gasteiger partial charge in [-0.3, -0.25) is 14.5 Å². The number of nitrogens with zero attached hydrogens (tertiary/aromatic N) is 2. The fraction of sp³-hybridized carbons (Fsp3) is 0.429. The lowest BCUT2D eigenvalue weighted by atomic mass is 9.94. The van der Waals surface area contributed by atoms with E-state index in [0.29, 0.717) is 39.9 Å². The number of amidine groups is 1. The topological polar surface area (TPSA) is 85.3 Å². The minimum Gasteiger partial charge on any atom is -0.462 e. The van der Waals surface area contributed by atoms with E-state index >= 15 is 0 Å². The Morgan fingerprint density at radius 3 is 2.79 bits per heavy atom. The van der Waals surface area contributed by atoms with Crippen LogP contribution in [0.1, 0.15) is 45.7 Å². The molecule has 1 atom stereocenters. The smallest absolute Gasteiger partial charge is 0.338 e. The molecule has 1 fully saturated rings. The van der Waals surface area contributed by atoms with Crippen molar-refractivity contribution < 1.29 is 23.9 Å². The lowest BCUT2D eigenvalue weighted by molar-refractivity contribution is -0.141. The van der Waals surface area contributed by atoms with Crippen LogP contribution in [0, 0.1) is 5.92 Å². The first-order valence-electron chi connectivity index (χ1n) is 9.47. The van der Waals surface area contributed by atoms with Gasteiger partial charge < -0.3 is 9.47 Å². The summed E-state index contributed by atoms with van der Waals surface area (Å²) in [7, 11) is 0. The third-order valence-corrected chi connectivity index (χ3v) is 5.36. The van der Waals surface area contributed by atoms with Crippen molar-refractivity contribution in [2.45, 2.75) is 40.2 Å². The number of carbonyl (C=O) groups is 3. The van der Waals surface area contributed by atoms with Crippen LogP contribution in [0.3, 0.4) is 0 Å². The molecule has 2 aliphatic rings. The predicted molar refractivity (Wildman–Crippen MR) is 110 cm³/mol. The highest BCUT2D eigenvalue weighted by Gasteiger charge is 2.41.